The number of carbonyl (C=O) groups is 1. The lowest BCUT2D eigenvalue weighted by atomic mass is 10.2. The number of anilines is 1. The zero-order valence-electron chi connectivity index (χ0n) is 12.1. The molecule has 21 heavy (non-hydrogen) atoms. The van der Waals surface area contributed by atoms with Gasteiger partial charge in [0.05, 0.1) is 0 Å². The van der Waals surface area contributed by atoms with Crippen molar-refractivity contribution in [3.63, 3.8) is 0 Å². The first-order chi connectivity index (χ1) is 10.1. The Morgan fingerprint density at radius 2 is 2.00 bits per heavy atom. The number of halogens is 1. The maximum absolute atomic E-state index is 12.5. The molecule has 110 valence electrons. The van der Waals surface area contributed by atoms with Gasteiger partial charge in [-0.15, -0.1) is 0 Å². The van der Waals surface area contributed by atoms with E-state index in [1.807, 2.05) is 37.3 Å². The third kappa shape index (κ3) is 4.20. The third-order valence-electron chi connectivity index (χ3n) is 3.01. The molecule has 0 unspecified atom stereocenters. The van der Waals surface area contributed by atoms with Crippen LogP contribution < -0.4 is 5.32 Å². The highest BCUT2D eigenvalue weighted by Crippen LogP contribution is 2.16. The number of aromatic nitrogens is 1. The molecule has 0 saturated heterocycles. The van der Waals surface area contributed by atoms with Crippen molar-refractivity contribution in [1.82, 2.24) is 9.88 Å². The van der Waals surface area contributed by atoms with Crippen molar-refractivity contribution < 1.29 is 4.79 Å². The maximum atomic E-state index is 12.5. The number of nitrogens with one attached hydrogen (secondary N) is 1. The van der Waals surface area contributed by atoms with Gasteiger partial charge in [-0.05, 0) is 24.6 Å². The number of pyridine rings is 1. The summed E-state index contributed by atoms with van der Waals surface area (Å²) in [5.74, 6) is 0.531. The molecule has 4 nitrogen and oxygen atoms in total. The first kappa shape index (κ1) is 15.3. The van der Waals surface area contributed by atoms with Crippen LogP contribution in [0.5, 0.6) is 0 Å². The summed E-state index contributed by atoms with van der Waals surface area (Å²) in [5, 5.41) is 3.38. The van der Waals surface area contributed by atoms with Gasteiger partial charge in [0.2, 0.25) is 0 Å². The Labute approximate surface area is 129 Å². The molecule has 1 aromatic carbocycles. The zero-order chi connectivity index (χ0) is 15.2. The van der Waals surface area contributed by atoms with E-state index in [1.54, 1.807) is 24.1 Å². The van der Waals surface area contributed by atoms with Gasteiger partial charge in [0.1, 0.15) is 11.0 Å². The van der Waals surface area contributed by atoms with Gasteiger partial charge in [-0.3, -0.25) is 4.79 Å². The summed E-state index contributed by atoms with van der Waals surface area (Å²) in [7, 11) is 1.77. The average molecular weight is 304 g/mol. The number of carbonyl (C=O) groups excluding carboxylic acids is 1. The smallest absolute Gasteiger partial charge is 0.254 e. The maximum Gasteiger partial charge on any atom is 0.254 e. The van der Waals surface area contributed by atoms with Crippen LogP contribution >= 0.6 is 11.6 Å². The molecule has 2 aromatic rings. The van der Waals surface area contributed by atoms with E-state index in [-0.39, 0.29) is 5.91 Å². The van der Waals surface area contributed by atoms with Gasteiger partial charge in [-0.2, -0.15) is 0 Å². The van der Waals surface area contributed by atoms with Crippen molar-refractivity contribution in [1.29, 1.82) is 0 Å². The van der Waals surface area contributed by atoms with Gasteiger partial charge in [-0.25, -0.2) is 4.98 Å². The monoisotopic (exact) mass is 303 g/mol. The summed E-state index contributed by atoms with van der Waals surface area (Å²) in [6.45, 7) is 3.24. The van der Waals surface area contributed by atoms with Gasteiger partial charge in [0.25, 0.3) is 5.91 Å². The summed E-state index contributed by atoms with van der Waals surface area (Å²) in [6.07, 6.45) is 0. The van der Waals surface area contributed by atoms with Crippen LogP contribution in [0.3, 0.4) is 0 Å². The molecule has 0 bridgehead atoms. The van der Waals surface area contributed by atoms with Crippen LogP contribution in [-0.2, 0) is 6.54 Å². The Morgan fingerprint density at radius 1 is 1.29 bits per heavy atom. The van der Waals surface area contributed by atoms with Crippen molar-refractivity contribution >= 4 is 23.3 Å². The average Bonchev–Trinajstić information content (AvgIpc) is 2.47. The number of amides is 1. The summed E-state index contributed by atoms with van der Waals surface area (Å²) < 4.78 is 0. The lowest BCUT2D eigenvalue weighted by molar-refractivity contribution is 0.0785. The molecule has 5 heteroatoms. The molecule has 0 aliphatic carbocycles. The highest BCUT2D eigenvalue weighted by molar-refractivity contribution is 6.29. The lowest BCUT2D eigenvalue weighted by Crippen LogP contribution is -2.26. The molecule has 0 aliphatic heterocycles. The second-order valence-electron chi connectivity index (χ2n) is 4.74. The van der Waals surface area contributed by atoms with Gasteiger partial charge >= 0.3 is 0 Å². The van der Waals surface area contributed by atoms with E-state index in [1.165, 1.54) is 0 Å². The van der Waals surface area contributed by atoms with Gasteiger partial charge in [0.15, 0.2) is 0 Å². The fourth-order valence-electron chi connectivity index (χ4n) is 2.04. The molecular weight excluding hydrogens is 286 g/mol. The molecule has 0 spiro atoms. The largest absolute Gasteiger partial charge is 0.370 e. The summed E-state index contributed by atoms with van der Waals surface area (Å²) in [5.41, 5.74) is 1.62. The van der Waals surface area contributed by atoms with Crippen LogP contribution in [0.2, 0.25) is 5.15 Å². The zero-order valence-corrected chi connectivity index (χ0v) is 12.9. The number of hydrogen-bond donors (Lipinski definition) is 1. The van der Waals surface area contributed by atoms with Gasteiger partial charge < -0.3 is 10.2 Å². The van der Waals surface area contributed by atoms with E-state index >= 15 is 0 Å². The predicted octanol–water partition coefficient (Wildman–Crippen LogP) is 3.44. The molecule has 2 rings (SSSR count). The van der Waals surface area contributed by atoms with E-state index in [2.05, 4.69) is 10.3 Å². The summed E-state index contributed by atoms with van der Waals surface area (Å²) in [4.78, 5) is 18.3. The SMILES string of the molecule is CCNc1cc(C(=O)N(C)Cc2ccccc2)cc(Cl)n1. The predicted molar refractivity (Wildman–Crippen MR) is 85.7 cm³/mol. The van der Waals surface area contributed by atoms with Crippen molar-refractivity contribution in [2.75, 3.05) is 18.9 Å². The minimum atomic E-state index is -0.0812. The fourth-order valence-corrected chi connectivity index (χ4v) is 2.25. The van der Waals surface area contributed by atoms with E-state index in [9.17, 15) is 4.79 Å². The molecule has 1 aromatic heterocycles. The number of rotatable bonds is 5. The molecule has 1 N–H and O–H groups in total. The standard InChI is InChI=1S/C16H18ClN3O/c1-3-18-15-10-13(9-14(17)19-15)16(21)20(2)11-12-7-5-4-6-8-12/h4-10H,3,11H2,1-2H3,(H,18,19). The fraction of sp³-hybridized carbons (Fsp3) is 0.250. The molecule has 0 atom stereocenters. The van der Waals surface area contributed by atoms with Gasteiger partial charge in [-0.1, -0.05) is 41.9 Å². The molecular formula is C16H18ClN3O. The third-order valence-corrected chi connectivity index (χ3v) is 3.20. The lowest BCUT2D eigenvalue weighted by Gasteiger charge is -2.18. The second-order valence-corrected chi connectivity index (χ2v) is 5.13. The highest BCUT2D eigenvalue weighted by Gasteiger charge is 2.14. The van der Waals surface area contributed by atoms with E-state index < -0.39 is 0 Å². The molecule has 0 radical (unpaired) electrons. The molecule has 0 fully saturated rings. The van der Waals surface area contributed by atoms with Crippen LogP contribution in [0, 0.1) is 0 Å². The van der Waals surface area contributed by atoms with E-state index in [0.717, 1.165) is 12.1 Å². The Hall–Kier alpha value is -2.07. The Kier molecular flexibility index (Phi) is 5.17. The molecule has 0 aliphatic rings. The quantitative estimate of drug-likeness (QED) is 0.861. The minimum absolute atomic E-state index is 0.0812. The Balaban J connectivity index is 2.15. The van der Waals surface area contributed by atoms with Crippen LogP contribution in [0.1, 0.15) is 22.8 Å². The second kappa shape index (κ2) is 7.09. The topological polar surface area (TPSA) is 45.2 Å². The van der Waals surface area contributed by atoms with Crippen molar-refractivity contribution in [2.24, 2.45) is 0 Å². The summed E-state index contributed by atoms with van der Waals surface area (Å²) in [6, 6.07) is 13.2. The van der Waals surface area contributed by atoms with Crippen LogP contribution in [0.25, 0.3) is 0 Å². The summed E-state index contributed by atoms with van der Waals surface area (Å²) >= 11 is 5.97. The van der Waals surface area contributed by atoms with E-state index in [4.69, 9.17) is 11.6 Å². The van der Waals surface area contributed by atoms with Crippen LogP contribution in [0.4, 0.5) is 5.82 Å². The normalized spacial score (nSPS) is 10.2. The minimum Gasteiger partial charge on any atom is -0.370 e. The molecule has 1 heterocycles. The Morgan fingerprint density at radius 3 is 2.67 bits per heavy atom. The number of nitrogens with zero attached hydrogens (tertiary/aromatic N) is 2. The highest BCUT2D eigenvalue weighted by atomic mass is 35.5. The Bertz CT molecular complexity index is 616. The molecule has 0 saturated carbocycles. The van der Waals surface area contributed by atoms with Crippen LogP contribution in [-0.4, -0.2) is 29.4 Å². The van der Waals surface area contributed by atoms with Crippen LogP contribution in [0.15, 0.2) is 42.5 Å². The van der Waals surface area contributed by atoms with Crippen molar-refractivity contribution in [3.05, 3.63) is 58.7 Å². The van der Waals surface area contributed by atoms with E-state index in [0.29, 0.717) is 23.1 Å². The van der Waals surface area contributed by atoms with Gasteiger partial charge in [0, 0.05) is 25.7 Å². The van der Waals surface area contributed by atoms with Crippen molar-refractivity contribution in [2.45, 2.75) is 13.5 Å². The van der Waals surface area contributed by atoms with Crippen molar-refractivity contribution in [3.8, 4) is 0 Å². The first-order valence-electron chi connectivity index (χ1n) is 6.81. The number of benzene rings is 1. The first-order valence-corrected chi connectivity index (χ1v) is 7.18. The number of hydrogen-bond acceptors (Lipinski definition) is 3. The molecule has 1 amide bonds.